The molecular formula is C12H15N3O. The highest BCUT2D eigenvalue weighted by Crippen LogP contribution is 2.06. The fraction of sp³-hybridized carbons (Fsp3) is 0.333. The molecule has 16 heavy (non-hydrogen) atoms. The van der Waals surface area contributed by atoms with E-state index in [-0.39, 0.29) is 0 Å². The minimum absolute atomic E-state index is 0.491. The number of hydrogen-bond donors (Lipinski definition) is 1. The Morgan fingerprint density at radius 1 is 1.31 bits per heavy atom. The maximum absolute atomic E-state index is 4.95. The van der Waals surface area contributed by atoms with Crippen LogP contribution in [0.25, 0.3) is 0 Å². The molecule has 1 heterocycles. The van der Waals surface area contributed by atoms with Gasteiger partial charge >= 0.3 is 6.01 Å². The van der Waals surface area contributed by atoms with E-state index in [2.05, 4.69) is 46.6 Å². The molecule has 2 aromatic rings. The Morgan fingerprint density at radius 3 is 2.88 bits per heavy atom. The number of nitrogens with one attached hydrogen (secondary N) is 1. The van der Waals surface area contributed by atoms with Gasteiger partial charge in [0, 0.05) is 6.54 Å². The van der Waals surface area contributed by atoms with Crippen molar-refractivity contribution in [3.8, 4) is 0 Å². The van der Waals surface area contributed by atoms with E-state index < -0.39 is 0 Å². The monoisotopic (exact) mass is 217 g/mol. The Balaban J connectivity index is 1.84. The number of aryl methyl sites for hydroxylation is 2. The molecule has 0 radical (unpaired) electrons. The summed E-state index contributed by atoms with van der Waals surface area (Å²) in [7, 11) is 0. The standard InChI is InChI=1S/C12H15N3O/c1-9-4-3-5-11(8-9)6-7-13-12-14-10(2)15-16-12/h3-5,8H,6-7H2,1-2H3,(H,13,14,15). The first kappa shape index (κ1) is 10.7. The van der Waals surface area contributed by atoms with Gasteiger partial charge in [-0.2, -0.15) is 4.98 Å². The van der Waals surface area contributed by atoms with Crippen molar-refractivity contribution in [1.29, 1.82) is 0 Å². The molecule has 0 aliphatic heterocycles. The van der Waals surface area contributed by atoms with Crippen LogP contribution in [0.15, 0.2) is 28.8 Å². The summed E-state index contributed by atoms with van der Waals surface area (Å²) in [6.07, 6.45) is 0.948. The van der Waals surface area contributed by atoms with E-state index >= 15 is 0 Å². The molecule has 2 rings (SSSR count). The van der Waals surface area contributed by atoms with Crippen LogP contribution >= 0.6 is 0 Å². The highest BCUT2D eigenvalue weighted by atomic mass is 16.5. The molecule has 0 bridgehead atoms. The van der Waals surface area contributed by atoms with Crippen molar-refractivity contribution in [2.75, 3.05) is 11.9 Å². The van der Waals surface area contributed by atoms with Crippen molar-refractivity contribution in [1.82, 2.24) is 10.1 Å². The van der Waals surface area contributed by atoms with E-state index in [1.54, 1.807) is 6.92 Å². The second-order valence-corrected chi connectivity index (χ2v) is 3.81. The zero-order chi connectivity index (χ0) is 11.4. The van der Waals surface area contributed by atoms with E-state index in [9.17, 15) is 0 Å². The molecule has 0 unspecified atom stereocenters. The molecular weight excluding hydrogens is 202 g/mol. The summed E-state index contributed by atoms with van der Waals surface area (Å²) in [6.45, 7) is 4.69. The maximum Gasteiger partial charge on any atom is 0.321 e. The van der Waals surface area contributed by atoms with Crippen molar-refractivity contribution in [3.05, 3.63) is 41.2 Å². The predicted octanol–water partition coefficient (Wildman–Crippen LogP) is 2.34. The minimum atomic E-state index is 0.491. The molecule has 0 saturated carbocycles. The molecule has 0 fully saturated rings. The van der Waals surface area contributed by atoms with Gasteiger partial charge in [-0.05, 0) is 25.8 Å². The molecule has 0 saturated heterocycles. The molecule has 0 aliphatic carbocycles. The Hall–Kier alpha value is -1.84. The first-order chi connectivity index (χ1) is 7.74. The molecule has 4 nitrogen and oxygen atoms in total. The summed E-state index contributed by atoms with van der Waals surface area (Å²) in [6, 6.07) is 8.96. The van der Waals surface area contributed by atoms with Crippen LogP contribution in [0.5, 0.6) is 0 Å². The van der Waals surface area contributed by atoms with Crippen molar-refractivity contribution in [3.63, 3.8) is 0 Å². The summed E-state index contributed by atoms with van der Waals surface area (Å²) in [4.78, 5) is 4.07. The van der Waals surface area contributed by atoms with Gasteiger partial charge < -0.3 is 9.84 Å². The van der Waals surface area contributed by atoms with Crippen LogP contribution in [0.3, 0.4) is 0 Å². The van der Waals surface area contributed by atoms with Gasteiger partial charge in [0.25, 0.3) is 0 Å². The molecule has 0 aliphatic rings. The zero-order valence-electron chi connectivity index (χ0n) is 9.53. The normalized spacial score (nSPS) is 10.4. The Bertz CT molecular complexity index is 465. The van der Waals surface area contributed by atoms with Crippen LogP contribution < -0.4 is 5.32 Å². The van der Waals surface area contributed by atoms with Gasteiger partial charge in [0.2, 0.25) is 0 Å². The van der Waals surface area contributed by atoms with Gasteiger partial charge in [-0.15, -0.1) is 0 Å². The summed E-state index contributed by atoms with van der Waals surface area (Å²) < 4.78 is 4.95. The Morgan fingerprint density at radius 2 is 2.19 bits per heavy atom. The first-order valence-electron chi connectivity index (χ1n) is 5.34. The zero-order valence-corrected chi connectivity index (χ0v) is 9.53. The number of rotatable bonds is 4. The highest BCUT2D eigenvalue weighted by Gasteiger charge is 2.00. The molecule has 84 valence electrons. The van der Waals surface area contributed by atoms with Gasteiger partial charge in [-0.25, -0.2) is 0 Å². The smallest absolute Gasteiger partial charge is 0.321 e. The molecule has 0 spiro atoms. The number of hydrogen-bond acceptors (Lipinski definition) is 4. The lowest BCUT2D eigenvalue weighted by Gasteiger charge is -2.02. The molecule has 1 aromatic carbocycles. The van der Waals surface area contributed by atoms with E-state index in [4.69, 9.17) is 4.52 Å². The van der Waals surface area contributed by atoms with Crippen LogP contribution in [0.1, 0.15) is 17.0 Å². The van der Waals surface area contributed by atoms with Crippen molar-refractivity contribution in [2.45, 2.75) is 20.3 Å². The Labute approximate surface area is 94.7 Å². The molecule has 0 amide bonds. The second kappa shape index (κ2) is 4.79. The van der Waals surface area contributed by atoms with Crippen LogP contribution in [-0.2, 0) is 6.42 Å². The average Bonchev–Trinajstić information content (AvgIpc) is 2.64. The summed E-state index contributed by atoms with van der Waals surface area (Å²) in [5.41, 5.74) is 2.59. The van der Waals surface area contributed by atoms with Crippen LogP contribution in [-0.4, -0.2) is 16.7 Å². The maximum atomic E-state index is 4.95. The number of benzene rings is 1. The van der Waals surface area contributed by atoms with Gasteiger partial charge in [-0.3, -0.25) is 0 Å². The Kier molecular flexibility index (Phi) is 3.19. The third-order valence-electron chi connectivity index (χ3n) is 2.30. The van der Waals surface area contributed by atoms with Crippen molar-refractivity contribution >= 4 is 6.01 Å². The second-order valence-electron chi connectivity index (χ2n) is 3.81. The summed E-state index contributed by atoms with van der Waals surface area (Å²) >= 11 is 0. The molecule has 1 aromatic heterocycles. The van der Waals surface area contributed by atoms with Crippen LogP contribution in [0, 0.1) is 13.8 Å². The van der Waals surface area contributed by atoms with Gasteiger partial charge in [0.05, 0.1) is 0 Å². The van der Waals surface area contributed by atoms with Crippen LogP contribution in [0.2, 0.25) is 0 Å². The molecule has 0 atom stereocenters. The molecule has 4 heteroatoms. The third kappa shape index (κ3) is 2.82. The highest BCUT2D eigenvalue weighted by molar-refractivity contribution is 5.24. The average molecular weight is 217 g/mol. The lowest BCUT2D eigenvalue weighted by molar-refractivity contribution is 0.425. The van der Waals surface area contributed by atoms with Gasteiger partial charge in [-0.1, -0.05) is 35.0 Å². The van der Waals surface area contributed by atoms with E-state index in [1.807, 2.05) is 0 Å². The lowest BCUT2D eigenvalue weighted by atomic mass is 10.1. The van der Waals surface area contributed by atoms with E-state index in [0.29, 0.717) is 11.8 Å². The first-order valence-corrected chi connectivity index (χ1v) is 5.34. The number of anilines is 1. The number of nitrogens with zero attached hydrogens (tertiary/aromatic N) is 2. The predicted molar refractivity (Wildman–Crippen MR) is 62.4 cm³/mol. The quantitative estimate of drug-likeness (QED) is 0.854. The van der Waals surface area contributed by atoms with E-state index in [0.717, 1.165) is 13.0 Å². The summed E-state index contributed by atoms with van der Waals surface area (Å²) in [5, 5.41) is 6.80. The van der Waals surface area contributed by atoms with Crippen molar-refractivity contribution in [2.24, 2.45) is 0 Å². The van der Waals surface area contributed by atoms with Gasteiger partial charge in [0.15, 0.2) is 5.82 Å². The molecule has 1 N–H and O–H groups in total. The minimum Gasteiger partial charge on any atom is -0.337 e. The fourth-order valence-electron chi connectivity index (χ4n) is 1.55. The third-order valence-corrected chi connectivity index (χ3v) is 2.30. The SMILES string of the molecule is Cc1cccc(CCNc2nc(C)no2)c1. The van der Waals surface area contributed by atoms with Crippen LogP contribution in [0.4, 0.5) is 6.01 Å². The van der Waals surface area contributed by atoms with Crippen molar-refractivity contribution < 1.29 is 4.52 Å². The fourth-order valence-corrected chi connectivity index (χ4v) is 1.55. The largest absolute Gasteiger partial charge is 0.337 e. The van der Waals surface area contributed by atoms with Gasteiger partial charge in [0.1, 0.15) is 0 Å². The van der Waals surface area contributed by atoms with E-state index in [1.165, 1.54) is 11.1 Å². The number of aromatic nitrogens is 2. The summed E-state index contributed by atoms with van der Waals surface area (Å²) in [5.74, 6) is 0.651. The topological polar surface area (TPSA) is 51.0 Å². The lowest BCUT2D eigenvalue weighted by Crippen LogP contribution is -2.05.